The third-order valence-electron chi connectivity index (χ3n) is 3.33. The van der Waals surface area contributed by atoms with E-state index >= 15 is 0 Å². The molecule has 0 aliphatic carbocycles. The van der Waals surface area contributed by atoms with Gasteiger partial charge in [0.25, 0.3) is 0 Å². The largest absolute Gasteiger partial charge is 0.294 e. The number of ketones is 1. The van der Waals surface area contributed by atoms with E-state index in [9.17, 15) is 4.79 Å². The highest BCUT2D eigenvalue weighted by atomic mass is 16.1. The molecule has 0 saturated carbocycles. The molecule has 2 unspecified atom stereocenters. The second-order valence-corrected chi connectivity index (χ2v) is 4.33. The number of rotatable bonds is 5. The van der Waals surface area contributed by atoms with Gasteiger partial charge in [0.2, 0.25) is 0 Å². The van der Waals surface area contributed by atoms with Crippen LogP contribution in [0, 0.1) is 0 Å². The number of hydrogen-bond acceptors (Lipinski definition) is 2. The smallest absolute Gasteiger partial charge is 0.179 e. The van der Waals surface area contributed by atoms with Gasteiger partial charge in [-0.05, 0) is 27.3 Å². The van der Waals surface area contributed by atoms with Crippen LogP contribution in [0.4, 0.5) is 0 Å². The summed E-state index contributed by atoms with van der Waals surface area (Å²) < 4.78 is 0. The van der Waals surface area contributed by atoms with Gasteiger partial charge in [-0.15, -0.1) is 0 Å². The first-order valence-electron chi connectivity index (χ1n) is 5.89. The molecule has 0 aromatic heterocycles. The van der Waals surface area contributed by atoms with Gasteiger partial charge in [0, 0.05) is 11.6 Å². The fourth-order valence-corrected chi connectivity index (χ4v) is 1.70. The second kappa shape index (κ2) is 5.80. The average Bonchev–Trinajstić information content (AvgIpc) is 2.36. The maximum absolute atomic E-state index is 12.2. The molecular weight excluding hydrogens is 198 g/mol. The highest BCUT2D eigenvalue weighted by molar-refractivity contribution is 5.99. The van der Waals surface area contributed by atoms with Gasteiger partial charge in [-0.25, -0.2) is 0 Å². The van der Waals surface area contributed by atoms with Gasteiger partial charge in [0.15, 0.2) is 5.78 Å². The van der Waals surface area contributed by atoms with E-state index in [0.717, 1.165) is 12.0 Å². The normalized spacial score (nSPS) is 14.8. The molecule has 0 heterocycles. The Kier molecular flexibility index (Phi) is 4.69. The third-order valence-corrected chi connectivity index (χ3v) is 3.33. The molecule has 0 N–H and O–H groups in total. The van der Waals surface area contributed by atoms with Crippen LogP contribution in [0.1, 0.15) is 37.6 Å². The fourth-order valence-electron chi connectivity index (χ4n) is 1.70. The zero-order valence-electron chi connectivity index (χ0n) is 10.6. The zero-order chi connectivity index (χ0) is 12.1. The van der Waals surface area contributed by atoms with Crippen molar-refractivity contribution in [3.05, 3.63) is 35.9 Å². The Morgan fingerprint density at radius 1 is 1.25 bits per heavy atom. The number of carbonyl (C=O) groups is 1. The number of carbonyl (C=O) groups excluding carboxylic acids is 1. The van der Waals surface area contributed by atoms with Gasteiger partial charge in [0.05, 0.1) is 6.04 Å². The van der Waals surface area contributed by atoms with E-state index in [1.165, 1.54) is 0 Å². The van der Waals surface area contributed by atoms with Gasteiger partial charge < -0.3 is 0 Å². The van der Waals surface area contributed by atoms with Crippen LogP contribution in [-0.4, -0.2) is 29.8 Å². The predicted octanol–water partition coefficient (Wildman–Crippen LogP) is 2.99. The summed E-state index contributed by atoms with van der Waals surface area (Å²) in [6.07, 6.45) is 1.06. The molecule has 2 atom stereocenters. The quantitative estimate of drug-likeness (QED) is 0.710. The van der Waals surface area contributed by atoms with E-state index < -0.39 is 0 Å². The summed E-state index contributed by atoms with van der Waals surface area (Å²) in [7, 11) is 2.01. The lowest BCUT2D eigenvalue weighted by Crippen LogP contribution is -2.41. The number of Topliss-reactive ketones (excluding diaryl/α,β-unsaturated/α-hetero) is 1. The lowest BCUT2D eigenvalue weighted by atomic mass is 10.0. The molecular formula is C14H21NO. The van der Waals surface area contributed by atoms with Crippen LogP contribution in [0.15, 0.2) is 30.3 Å². The maximum atomic E-state index is 12.2. The topological polar surface area (TPSA) is 20.3 Å². The van der Waals surface area contributed by atoms with E-state index in [1.807, 2.05) is 44.3 Å². The van der Waals surface area contributed by atoms with Crippen LogP contribution in [0.25, 0.3) is 0 Å². The van der Waals surface area contributed by atoms with Gasteiger partial charge in [-0.1, -0.05) is 37.3 Å². The summed E-state index contributed by atoms with van der Waals surface area (Å²) in [4.78, 5) is 14.3. The molecule has 0 bridgehead atoms. The van der Waals surface area contributed by atoms with Gasteiger partial charge in [-0.3, -0.25) is 9.69 Å². The lowest BCUT2D eigenvalue weighted by molar-refractivity contribution is 0.0824. The molecule has 0 aliphatic heterocycles. The Bertz CT molecular complexity index is 334. The summed E-state index contributed by atoms with van der Waals surface area (Å²) in [5, 5.41) is 0. The van der Waals surface area contributed by atoms with Crippen molar-refractivity contribution in [3.63, 3.8) is 0 Å². The lowest BCUT2D eigenvalue weighted by Gasteiger charge is -2.29. The highest BCUT2D eigenvalue weighted by Crippen LogP contribution is 2.11. The predicted molar refractivity (Wildman–Crippen MR) is 67.8 cm³/mol. The molecule has 0 aliphatic rings. The third kappa shape index (κ3) is 2.92. The average molecular weight is 219 g/mol. The standard InChI is InChI=1S/C14H21NO/c1-5-11(2)15(4)12(3)14(16)13-9-7-6-8-10-13/h6-12H,5H2,1-4H3. The first-order valence-corrected chi connectivity index (χ1v) is 5.89. The molecule has 16 heavy (non-hydrogen) atoms. The molecule has 0 radical (unpaired) electrons. The Hall–Kier alpha value is -1.15. The van der Waals surface area contributed by atoms with E-state index in [4.69, 9.17) is 0 Å². The van der Waals surface area contributed by atoms with Crippen LogP contribution < -0.4 is 0 Å². The summed E-state index contributed by atoms with van der Waals surface area (Å²) in [5.74, 6) is 0.198. The van der Waals surface area contributed by atoms with E-state index in [2.05, 4.69) is 18.7 Å². The number of hydrogen-bond donors (Lipinski definition) is 0. The molecule has 0 amide bonds. The molecule has 0 fully saturated rings. The van der Waals surface area contributed by atoms with Crippen molar-refractivity contribution in [3.8, 4) is 0 Å². The van der Waals surface area contributed by atoms with Crippen molar-refractivity contribution >= 4 is 5.78 Å². The van der Waals surface area contributed by atoms with Gasteiger partial charge in [-0.2, -0.15) is 0 Å². The van der Waals surface area contributed by atoms with Crippen LogP contribution in [0.2, 0.25) is 0 Å². The van der Waals surface area contributed by atoms with E-state index in [0.29, 0.717) is 6.04 Å². The molecule has 2 nitrogen and oxygen atoms in total. The van der Waals surface area contributed by atoms with Crippen LogP contribution >= 0.6 is 0 Å². The summed E-state index contributed by atoms with van der Waals surface area (Å²) in [6, 6.07) is 9.87. The van der Waals surface area contributed by atoms with Crippen molar-refractivity contribution < 1.29 is 4.79 Å². The molecule has 1 aromatic rings. The second-order valence-electron chi connectivity index (χ2n) is 4.33. The monoisotopic (exact) mass is 219 g/mol. The Morgan fingerprint density at radius 2 is 1.81 bits per heavy atom. The zero-order valence-corrected chi connectivity index (χ0v) is 10.6. The van der Waals surface area contributed by atoms with Crippen LogP contribution in [0.3, 0.4) is 0 Å². The Balaban J connectivity index is 2.75. The highest BCUT2D eigenvalue weighted by Gasteiger charge is 2.21. The Labute approximate surface area is 98.3 Å². The minimum absolute atomic E-state index is 0.0580. The van der Waals surface area contributed by atoms with E-state index in [-0.39, 0.29) is 11.8 Å². The van der Waals surface area contributed by atoms with Crippen LogP contribution in [-0.2, 0) is 0 Å². The van der Waals surface area contributed by atoms with Crippen molar-refractivity contribution in [2.24, 2.45) is 0 Å². The summed E-state index contributed by atoms with van der Waals surface area (Å²) in [5.41, 5.74) is 0.796. The van der Waals surface area contributed by atoms with Gasteiger partial charge >= 0.3 is 0 Å². The minimum atomic E-state index is -0.0580. The molecule has 0 saturated heterocycles. The van der Waals surface area contributed by atoms with E-state index in [1.54, 1.807) is 0 Å². The van der Waals surface area contributed by atoms with Crippen molar-refractivity contribution in [2.75, 3.05) is 7.05 Å². The number of benzene rings is 1. The van der Waals surface area contributed by atoms with Crippen LogP contribution in [0.5, 0.6) is 0 Å². The minimum Gasteiger partial charge on any atom is -0.294 e. The first-order chi connectivity index (χ1) is 7.57. The van der Waals surface area contributed by atoms with Gasteiger partial charge in [0.1, 0.15) is 0 Å². The summed E-state index contributed by atoms with van der Waals surface area (Å²) in [6.45, 7) is 6.26. The summed E-state index contributed by atoms with van der Waals surface area (Å²) >= 11 is 0. The van der Waals surface area contributed by atoms with Crippen molar-refractivity contribution in [2.45, 2.75) is 39.3 Å². The molecule has 1 aromatic carbocycles. The molecule has 0 spiro atoms. The molecule has 88 valence electrons. The first kappa shape index (κ1) is 12.9. The van der Waals surface area contributed by atoms with Crippen molar-refractivity contribution in [1.29, 1.82) is 0 Å². The SMILES string of the molecule is CCC(C)N(C)C(C)C(=O)c1ccccc1. The number of likely N-dealkylation sites (N-methyl/N-ethyl adjacent to an activating group) is 1. The Morgan fingerprint density at radius 3 is 2.31 bits per heavy atom. The fraction of sp³-hybridized carbons (Fsp3) is 0.500. The molecule has 1 rings (SSSR count). The maximum Gasteiger partial charge on any atom is 0.179 e. The molecule has 2 heteroatoms. The van der Waals surface area contributed by atoms with Crippen molar-refractivity contribution in [1.82, 2.24) is 4.90 Å². The number of nitrogens with zero attached hydrogens (tertiary/aromatic N) is 1.